The number of amides is 2. The molecular weight excluding hydrogens is 587 g/mol. The lowest BCUT2D eigenvalue weighted by atomic mass is 10.0. The Morgan fingerprint density at radius 3 is 2.20 bits per heavy atom. The van der Waals surface area contributed by atoms with Crippen molar-refractivity contribution < 1.29 is 32.2 Å². The topological polar surface area (TPSA) is 79.4 Å². The lowest BCUT2D eigenvalue weighted by molar-refractivity contribution is -0.137. The molecule has 3 heterocycles. The Morgan fingerprint density at radius 1 is 0.844 bits per heavy atom. The number of pyridine rings is 1. The van der Waals surface area contributed by atoms with Crippen LogP contribution in [0.4, 0.5) is 35.0 Å². The third-order valence-corrected chi connectivity index (χ3v) is 8.41. The number of nitrogens with zero attached hydrogens (tertiary/aromatic N) is 4. The summed E-state index contributed by atoms with van der Waals surface area (Å²) in [5, 5.41) is 3.91. The molecule has 1 aromatic heterocycles. The molecule has 9 nitrogen and oxygen atoms in total. The number of halogens is 3. The van der Waals surface area contributed by atoms with Gasteiger partial charge in [-0.3, -0.25) is 14.8 Å². The molecule has 2 aliphatic rings. The molecule has 12 heteroatoms. The van der Waals surface area contributed by atoms with Crippen molar-refractivity contribution >= 4 is 34.0 Å². The maximum absolute atomic E-state index is 14.3. The molecule has 2 aliphatic heterocycles. The number of hydrogen-bond acceptors (Lipinski definition) is 7. The Hall–Kier alpha value is -4.71. The van der Waals surface area contributed by atoms with E-state index in [0.717, 1.165) is 18.9 Å². The van der Waals surface area contributed by atoms with E-state index in [9.17, 15) is 18.0 Å². The molecule has 2 amide bonds. The number of anilines is 3. The highest BCUT2D eigenvalue weighted by atomic mass is 19.4. The number of carbonyl (C=O) groups is 1. The Bertz CT molecular complexity index is 1710. The van der Waals surface area contributed by atoms with Crippen molar-refractivity contribution in [3.63, 3.8) is 0 Å². The second-order valence-corrected chi connectivity index (χ2v) is 11.0. The number of hydrogen-bond donors (Lipinski definition) is 1. The first-order chi connectivity index (χ1) is 21.7. The molecule has 1 N–H and O–H groups in total. The summed E-state index contributed by atoms with van der Waals surface area (Å²) >= 11 is 0. The number of carbonyl (C=O) groups excluding carboxylic acids is 1. The number of piperidine rings is 1. The van der Waals surface area contributed by atoms with Gasteiger partial charge in [0.1, 0.15) is 11.5 Å². The summed E-state index contributed by atoms with van der Waals surface area (Å²) in [7, 11) is 4.97. The van der Waals surface area contributed by atoms with Crippen LogP contribution in [0.5, 0.6) is 23.0 Å². The highest BCUT2D eigenvalue weighted by molar-refractivity contribution is 6.06. The van der Waals surface area contributed by atoms with Crippen LogP contribution in [-0.4, -0.2) is 64.5 Å². The van der Waals surface area contributed by atoms with Gasteiger partial charge in [-0.05, 0) is 62.4 Å². The molecule has 0 atom stereocenters. The van der Waals surface area contributed by atoms with E-state index in [-0.39, 0.29) is 17.9 Å². The SMILES string of the molecule is CNC1CCN(c2ccc(N3CCN(c4cccc(Oc5ccnc6cc(OC)c(OC)cc56)c4)C3=O)cc2C(F)(F)F)CC1. The smallest absolute Gasteiger partial charge is 0.418 e. The van der Waals surface area contributed by atoms with E-state index in [2.05, 4.69) is 10.3 Å². The second kappa shape index (κ2) is 12.4. The summed E-state index contributed by atoms with van der Waals surface area (Å²) in [6.07, 6.45) is -1.41. The van der Waals surface area contributed by atoms with Gasteiger partial charge >= 0.3 is 12.2 Å². The number of ether oxygens (including phenoxy) is 3. The predicted molar refractivity (Wildman–Crippen MR) is 167 cm³/mol. The number of benzene rings is 3. The first-order valence-corrected chi connectivity index (χ1v) is 14.7. The van der Waals surface area contributed by atoms with E-state index >= 15 is 0 Å². The summed E-state index contributed by atoms with van der Waals surface area (Å²) < 4.78 is 59.9. The minimum Gasteiger partial charge on any atom is -0.493 e. The minimum absolute atomic E-state index is 0.147. The zero-order valence-corrected chi connectivity index (χ0v) is 25.2. The van der Waals surface area contributed by atoms with Gasteiger partial charge in [0.2, 0.25) is 0 Å². The summed E-state index contributed by atoms with van der Waals surface area (Å²) in [5.74, 6) is 2.08. The van der Waals surface area contributed by atoms with Crippen LogP contribution in [-0.2, 0) is 6.18 Å². The molecule has 6 rings (SSSR count). The average Bonchev–Trinajstić information content (AvgIpc) is 3.44. The minimum atomic E-state index is -4.56. The molecule has 0 aliphatic carbocycles. The highest BCUT2D eigenvalue weighted by Gasteiger charge is 2.38. The van der Waals surface area contributed by atoms with Crippen LogP contribution < -0.4 is 34.2 Å². The molecule has 0 bridgehead atoms. The fourth-order valence-corrected chi connectivity index (χ4v) is 6.00. The Morgan fingerprint density at radius 2 is 1.53 bits per heavy atom. The Balaban J connectivity index is 1.23. The normalized spacial score (nSPS) is 16.0. The maximum Gasteiger partial charge on any atom is 0.418 e. The lowest BCUT2D eigenvalue weighted by Gasteiger charge is -2.35. The van der Waals surface area contributed by atoms with Gasteiger partial charge in [0, 0.05) is 73.0 Å². The van der Waals surface area contributed by atoms with Crippen molar-refractivity contribution in [3.8, 4) is 23.0 Å². The van der Waals surface area contributed by atoms with Crippen LogP contribution in [0.15, 0.2) is 66.9 Å². The molecule has 4 aromatic rings. The van der Waals surface area contributed by atoms with E-state index in [0.29, 0.717) is 65.3 Å². The standard InChI is InChI=1S/C33H34F3N5O4/c1-37-21-10-13-39(14-11-21)28-8-7-23(18-26(28)33(34,35)36)41-16-15-40(32(41)42)22-5-4-6-24(17-22)45-29-9-12-38-27-20-31(44-3)30(43-2)19-25(27)29/h4-9,12,17-21,37H,10-11,13-16H2,1-3H3. The van der Waals surface area contributed by atoms with Crippen molar-refractivity contribution in [1.82, 2.24) is 10.3 Å². The molecular formula is C33H34F3N5O4. The number of methoxy groups -OCH3 is 2. The number of alkyl halides is 3. The third-order valence-electron chi connectivity index (χ3n) is 8.41. The van der Waals surface area contributed by atoms with Gasteiger partial charge in [0.15, 0.2) is 11.5 Å². The van der Waals surface area contributed by atoms with Gasteiger partial charge in [-0.2, -0.15) is 13.2 Å². The second-order valence-electron chi connectivity index (χ2n) is 11.0. The monoisotopic (exact) mass is 621 g/mol. The molecule has 2 fully saturated rings. The maximum atomic E-state index is 14.3. The van der Waals surface area contributed by atoms with E-state index in [1.165, 1.54) is 15.9 Å². The summed E-state index contributed by atoms with van der Waals surface area (Å²) in [6.45, 7) is 1.60. The zero-order valence-electron chi connectivity index (χ0n) is 25.2. The predicted octanol–water partition coefficient (Wildman–Crippen LogP) is 6.70. The van der Waals surface area contributed by atoms with Gasteiger partial charge in [-0.15, -0.1) is 0 Å². The fraction of sp³-hybridized carbons (Fsp3) is 0.333. The largest absolute Gasteiger partial charge is 0.493 e. The molecule has 45 heavy (non-hydrogen) atoms. The Labute approximate surface area is 259 Å². The number of urea groups is 1. The highest BCUT2D eigenvalue weighted by Crippen LogP contribution is 2.41. The van der Waals surface area contributed by atoms with Gasteiger partial charge in [-0.25, -0.2) is 4.79 Å². The van der Waals surface area contributed by atoms with Crippen molar-refractivity contribution in [2.75, 3.05) is 62.1 Å². The molecule has 0 spiro atoms. The fourth-order valence-electron chi connectivity index (χ4n) is 6.00. The molecule has 2 saturated heterocycles. The van der Waals surface area contributed by atoms with Crippen LogP contribution >= 0.6 is 0 Å². The number of nitrogens with one attached hydrogen (secondary N) is 1. The van der Waals surface area contributed by atoms with E-state index in [1.54, 1.807) is 73.8 Å². The van der Waals surface area contributed by atoms with Crippen molar-refractivity contribution in [2.24, 2.45) is 0 Å². The number of aromatic nitrogens is 1. The number of fused-ring (bicyclic) bond motifs is 1. The molecule has 0 radical (unpaired) electrons. The van der Waals surface area contributed by atoms with Crippen molar-refractivity contribution in [1.29, 1.82) is 0 Å². The number of rotatable bonds is 8. The summed E-state index contributed by atoms with van der Waals surface area (Å²) in [5.41, 5.74) is 0.844. The third kappa shape index (κ3) is 6.02. The molecule has 0 unspecified atom stereocenters. The van der Waals surface area contributed by atoms with E-state index in [4.69, 9.17) is 14.2 Å². The lowest BCUT2D eigenvalue weighted by Crippen LogP contribution is -2.42. The van der Waals surface area contributed by atoms with Gasteiger partial charge in [0.05, 0.1) is 25.3 Å². The quantitative estimate of drug-likeness (QED) is 0.235. The first-order valence-electron chi connectivity index (χ1n) is 14.7. The van der Waals surface area contributed by atoms with Crippen molar-refractivity contribution in [3.05, 3.63) is 72.4 Å². The van der Waals surface area contributed by atoms with Crippen LogP contribution in [0.1, 0.15) is 18.4 Å². The molecule has 3 aromatic carbocycles. The Kier molecular flexibility index (Phi) is 8.32. The van der Waals surface area contributed by atoms with Crippen molar-refractivity contribution in [2.45, 2.75) is 25.1 Å². The van der Waals surface area contributed by atoms with E-state index in [1.807, 2.05) is 7.05 Å². The zero-order chi connectivity index (χ0) is 31.7. The molecule has 236 valence electrons. The van der Waals surface area contributed by atoms with Gasteiger partial charge in [-0.1, -0.05) is 6.07 Å². The average molecular weight is 622 g/mol. The van der Waals surface area contributed by atoms with Crippen LogP contribution in [0, 0.1) is 0 Å². The van der Waals surface area contributed by atoms with Gasteiger partial charge < -0.3 is 24.4 Å². The van der Waals surface area contributed by atoms with Crippen LogP contribution in [0.25, 0.3) is 10.9 Å². The summed E-state index contributed by atoms with van der Waals surface area (Å²) in [4.78, 5) is 22.7. The van der Waals surface area contributed by atoms with Crippen LogP contribution in [0.3, 0.4) is 0 Å². The molecule has 0 saturated carbocycles. The first kappa shape index (κ1) is 30.3. The van der Waals surface area contributed by atoms with Crippen LogP contribution in [0.2, 0.25) is 0 Å². The van der Waals surface area contributed by atoms with E-state index < -0.39 is 17.8 Å². The summed E-state index contributed by atoms with van der Waals surface area (Å²) in [6, 6.07) is 16.4. The van der Waals surface area contributed by atoms with Gasteiger partial charge in [0.25, 0.3) is 0 Å².